The number of aliphatic hydroxyl groups is 3. The highest BCUT2D eigenvalue weighted by Gasteiger charge is 2.52. The van der Waals surface area contributed by atoms with Crippen LogP contribution in [0.1, 0.15) is 30.9 Å². The summed E-state index contributed by atoms with van der Waals surface area (Å²) < 4.78 is 27.2. The number of anilines is 1. The van der Waals surface area contributed by atoms with Crippen molar-refractivity contribution in [3.8, 4) is 17.3 Å². The van der Waals surface area contributed by atoms with Gasteiger partial charge in [-0.25, -0.2) is 9.07 Å². The van der Waals surface area contributed by atoms with Gasteiger partial charge in [-0.3, -0.25) is 4.79 Å². The van der Waals surface area contributed by atoms with Crippen LogP contribution in [0.2, 0.25) is 15.1 Å². The van der Waals surface area contributed by atoms with Crippen LogP contribution in [0.15, 0.2) is 36.5 Å². The minimum atomic E-state index is -1.42. The lowest BCUT2D eigenvalue weighted by Crippen LogP contribution is -2.62. The molecule has 2 fully saturated rings. The average molecular weight is 655 g/mol. The van der Waals surface area contributed by atoms with Crippen molar-refractivity contribution in [1.82, 2.24) is 15.0 Å². The van der Waals surface area contributed by atoms with Crippen LogP contribution in [0.4, 0.5) is 10.1 Å². The van der Waals surface area contributed by atoms with E-state index < -0.39 is 60.9 Å². The Bertz CT molecular complexity index is 1530. The van der Waals surface area contributed by atoms with Crippen LogP contribution in [0.25, 0.3) is 11.3 Å². The number of nitriles is 1. The molecule has 15 heteroatoms. The second-order valence-electron chi connectivity index (χ2n) is 10.4. The zero-order valence-electron chi connectivity index (χ0n) is 22.6. The maximum absolute atomic E-state index is 14.4. The van der Waals surface area contributed by atoms with Gasteiger partial charge in [0, 0.05) is 23.4 Å². The molecule has 2 aromatic carbocycles. The van der Waals surface area contributed by atoms with E-state index in [1.54, 1.807) is 0 Å². The third-order valence-corrected chi connectivity index (χ3v) is 8.78. The molecule has 1 saturated carbocycles. The molecule has 0 spiro atoms. The molecule has 43 heavy (non-hydrogen) atoms. The van der Waals surface area contributed by atoms with Gasteiger partial charge in [0.1, 0.15) is 35.9 Å². The van der Waals surface area contributed by atoms with E-state index in [2.05, 4.69) is 10.3 Å². The molecule has 1 aliphatic heterocycles. The number of aliphatic hydroxyl groups excluding tert-OH is 3. The van der Waals surface area contributed by atoms with Crippen LogP contribution in [-0.2, 0) is 14.3 Å². The molecular weight excluding hydrogens is 628 g/mol. The maximum atomic E-state index is 14.4. The van der Waals surface area contributed by atoms with Gasteiger partial charge in [-0.2, -0.15) is 5.26 Å². The van der Waals surface area contributed by atoms with Gasteiger partial charge in [-0.15, -0.1) is 5.10 Å². The van der Waals surface area contributed by atoms with Crippen LogP contribution >= 0.6 is 34.8 Å². The number of amides is 1. The Morgan fingerprint density at radius 3 is 2.63 bits per heavy atom. The van der Waals surface area contributed by atoms with Gasteiger partial charge < -0.3 is 29.7 Å². The normalized spacial score (nSPS) is 27.2. The minimum Gasteiger partial charge on any atom is -0.394 e. The fourth-order valence-electron chi connectivity index (χ4n) is 5.74. The highest BCUT2D eigenvalue weighted by atomic mass is 35.5. The number of nitrogens with zero attached hydrogens (tertiary/aromatic N) is 5. The van der Waals surface area contributed by atoms with Crippen LogP contribution in [0.5, 0.6) is 0 Å². The molecule has 5 unspecified atom stereocenters. The largest absolute Gasteiger partial charge is 0.394 e. The van der Waals surface area contributed by atoms with E-state index in [1.807, 2.05) is 6.07 Å². The molecule has 3 N–H and O–H groups in total. The van der Waals surface area contributed by atoms with Gasteiger partial charge in [0.15, 0.2) is 6.10 Å². The monoisotopic (exact) mass is 653 g/mol. The molecule has 228 valence electrons. The molecule has 2 aliphatic rings. The average Bonchev–Trinajstić information content (AvgIpc) is 3.64. The predicted molar refractivity (Wildman–Crippen MR) is 154 cm³/mol. The van der Waals surface area contributed by atoms with Crippen molar-refractivity contribution in [2.24, 2.45) is 0 Å². The Kier molecular flexibility index (Phi) is 9.55. The van der Waals surface area contributed by atoms with Crippen molar-refractivity contribution in [2.45, 2.75) is 61.9 Å². The third kappa shape index (κ3) is 6.09. The van der Waals surface area contributed by atoms with Gasteiger partial charge in [0.25, 0.3) is 5.91 Å². The Morgan fingerprint density at radius 1 is 1.23 bits per heavy atom. The lowest BCUT2D eigenvalue weighted by molar-refractivity contribution is -0.211. The molecule has 0 radical (unpaired) electrons. The molecule has 1 aromatic heterocycles. The number of aromatic nitrogens is 3. The lowest BCUT2D eigenvalue weighted by atomic mass is 9.91. The van der Waals surface area contributed by atoms with Gasteiger partial charge in [0.05, 0.1) is 46.6 Å². The number of hydrogen-bond acceptors (Lipinski definition) is 9. The Labute approximate surface area is 260 Å². The highest BCUT2D eigenvalue weighted by Crippen LogP contribution is 2.38. The number of halogens is 4. The van der Waals surface area contributed by atoms with E-state index >= 15 is 0 Å². The first-order valence-electron chi connectivity index (χ1n) is 13.3. The first-order chi connectivity index (χ1) is 20.6. The van der Waals surface area contributed by atoms with Crippen molar-refractivity contribution in [3.63, 3.8) is 0 Å². The van der Waals surface area contributed by atoms with E-state index in [1.165, 1.54) is 47.2 Å². The van der Waals surface area contributed by atoms with Crippen molar-refractivity contribution >= 4 is 46.4 Å². The second-order valence-corrected chi connectivity index (χ2v) is 11.6. The van der Waals surface area contributed by atoms with Crippen molar-refractivity contribution < 1.29 is 34.0 Å². The van der Waals surface area contributed by atoms with Crippen LogP contribution in [0, 0.1) is 17.1 Å². The van der Waals surface area contributed by atoms with Crippen LogP contribution < -0.4 is 4.90 Å². The van der Waals surface area contributed by atoms with E-state index in [4.69, 9.17) is 44.3 Å². The zero-order valence-corrected chi connectivity index (χ0v) is 24.9. The van der Waals surface area contributed by atoms with Crippen molar-refractivity contribution in [1.29, 1.82) is 5.26 Å². The maximum Gasteiger partial charge on any atom is 0.259 e. The van der Waals surface area contributed by atoms with E-state index in [0.717, 1.165) is 6.07 Å². The first kappa shape index (κ1) is 31.6. The summed E-state index contributed by atoms with van der Waals surface area (Å²) in [5.41, 5.74) is 0.922. The van der Waals surface area contributed by atoms with E-state index in [0.29, 0.717) is 19.3 Å². The third-order valence-electron chi connectivity index (χ3n) is 7.78. The molecule has 11 nitrogen and oxygen atoms in total. The number of rotatable bonds is 7. The molecule has 1 amide bonds. The molecule has 1 saturated heterocycles. The molecular formula is C28H27Cl3FN5O6. The summed E-state index contributed by atoms with van der Waals surface area (Å²) in [4.78, 5) is 15.7. The summed E-state index contributed by atoms with van der Waals surface area (Å²) in [5.74, 6) is -1.41. The summed E-state index contributed by atoms with van der Waals surface area (Å²) in [7, 11) is 1.32. The van der Waals surface area contributed by atoms with Gasteiger partial charge in [-0.05, 0) is 49.6 Å². The molecule has 7 atom stereocenters. The van der Waals surface area contributed by atoms with Gasteiger partial charge in [-0.1, -0.05) is 40.0 Å². The molecule has 0 bridgehead atoms. The summed E-state index contributed by atoms with van der Waals surface area (Å²) in [5, 5.41) is 49.8. The quantitative estimate of drug-likeness (QED) is 0.325. The van der Waals surface area contributed by atoms with Crippen molar-refractivity contribution in [3.05, 3.63) is 63.0 Å². The molecule has 5 rings (SSSR count). The molecule has 3 aromatic rings. The lowest BCUT2D eigenvalue weighted by Gasteiger charge is -2.45. The summed E-state index contributed by atoms with van der Waals surface area (Å²) >= 11 is 18.2. The topological polar surface area (TPSA) is 154 Å². The van der Waals surface area contributed by atoms with Gasteiger partial charge >= 0.3 is 0 Å². The first-order valence-corrected chi connectivity index (χ1v) is 14.5. The van der Waals surface area contributed by atoms with Crippen molar-refractivity contribution in [2.75, 3.05) is 18.6 Å². The number of ether oxygens (including phenoxy) is 2. The predicted octanol–water partition coefficient (Wildman–Crippen LogP) is 3.54. The summed E-state index contributed by atoms with van der Waals surface area (Å²) in [6.45, 7) is -0.654. The summed E-state index contributed by atoms with van der Waals surface area (Å²) in [6, 6.07) is 7.21. The fourth-order valence-corrected chi connectivity index (χ4v) is 6.28. The fraction of sp³-hybridized carbons (Fsp3) is 0.429. The minimum absolute atomic E-state index is 0.0344. The van der Waals surface area contributed by atoms with E-state index in [-0.39, 0.29) is 37.6 Å². The zero-order chi connectivity index (χ0) is 31.0. The summed E-state index contributed by atoms with van der Waals surface area (Å²) in [6.07, 6.45) is -3.13. The Morgan fingerprint density at radius 2 is 2.00 bits per heavy atom. The standard InChI is InChI=1S/C28H27Cl3FN5O6/c1-42-26-24(36-11-19(34-35-36)14-7-17(30)23(31)18(32)8-14)25(40)22(12-38)43-27(26)28(41)37(20-3-2-4-21(20)39)16-6-13(10-33)5-15(29)9-16/h5-9,11,20-22,24-27,38-40H,2-4,12H2,1H3/t20-,21-,22?,24?,25?,26?,27?/m0/s1. The number of methoxy groups -OCH3 is 1. The smallest absolute Gasteiger partial charge is 0.259 e. The van der Waals surface area contributed by atoms with Gasteiger partial charge in [0.2, 0.25) is 0 Å². The van der Waals surface area contributed by atoms with E-state index in [9.17, 15) is 29.8 Å². The highest BCUT2D eigenvalue weighted by molar-refractivity contribution is 6.42. The SMILES string of the molecule is COC1C(C(=O)N(c2cc(Cl)cc(C#N)c2)[C@H]2CCC[C@@H]2O)OC(CO)C(O)C1n1cc(-c2cc(F)c(Cl)c(Cl)c2)nn1. The number of hydrogen-bond donors (Lipinski definition) is 3. The van der Waals surface area contributed by atoms with Crippen LogP contribution in [0.3, 0.4) is 0 Å². The Balaban J connectivity index is 1.55. The molecule has 2 heterocycles. The number of carbonyl (C=O) groups excluding carboxylic acids is 1. The number of carbonyl (C=O) groups is 1. The molecule has 1 aliphatic carbocycles. The number of benzene rings is 2. The second kappa shape index (κ2) is 13.0. The Hall–Kier alpha value is -2.86. The van der Waals surface area contributed by atoms with Crippen LogP contribution in [-0.4, -0.2) is 86.5 Å².